The molecule has 1 amide bonds. The summed E-state index contributed by atoms with van der Waals surface area (Å²) in [4.78, 5) is 13.8. The molecular weight excluding hydrogens is 200 g/mol. The van der Waals surface area contributed by atoms with Crippen molar-refractivity contribution in [2.75, 3.05) is 20.1 Å². The first-order valence-electron chi connectivity index (χ1n) is 6.47. The van der Waals surface area contributed by atoms with Crippen molar-refractivity contribution >= 4 is 5.91 Å². The molecule has 1 aliphatic carbocycles. The highest BCUT2D eigenvalue weighted by Crippen LogP contribution is 2.29. The van der Waals surface area contributed by atoms with E-state index in [1.54, 1.807) is 0 Å². The molecule has 3 nitrogen and oxygen atoms in total. The summed E-state index contributed by atoms with van der Waals surface area (Å²) in [6.07, 6.45) is 4.27. The van der Waals surface area contributed by atoms with Gasteiger partial charge < -0.3 is 10.6 Å². The molecule has 0 aromatic carbocycles. The molecule has 0 aliphatic heterocycles. The molecule has 2 N–H and O–H groups in total. The lowest BCUT2D eigenvalue weighted by Crippen LogP contribution is -2.32. The van der Waals surface area contributed by atoms with Gasteiger partial charge in [0.25, 0.3) is 0 Å². The van der Waals surface area contributed by atoms with E-state index in [4.69, 9.17) is 5.73 Å². The van der Waals surface area contributed by atoms with E-state index >= 15 is 0 Å². The summed E-state index contributed by atoms with van der Waals surface area (Å²) in [6, 6.07) is 0. The molecule has 1 saturated carbocycles. The number of nitrogens with zero attached hydrogens (tertiary/aromatic N) is 1. The van der Waals surface area contributed by atoms with Crippen LogP contribution in [-0.2, 0) is 4.79 Å². The predicted octanol–water partition coefficient (Wildman–Crippen LogP) is 1.87. The summed E-state index contributed by atoms with van der Waals surface area (Å²) in [7, 11) is 1.92. The van der Waals surface area contributed by atoms with E-state index < -0.39 is 0 Å². The summed E-state index contributed by atoms with van der Waals surface area (Å²) in [5.41, 5.74) is 5.71. The minimum atomic E-state index is 0.267. The van der Waals surface area contributed by atoms with Crippen LogP contribution in [0.3, 0.4) is 0 Å². The maximum atomic E-state index is 11.9. The molecule has 0 heterocycles. The lowest BCUT2D eigenvalue weighted by atomic mass is 9.94. The Morgan fingerprint density at radius 2 is 2.06 bits per heavy atom. The van der Waals surface area contributed by atoms with Crippen molar-refractivity contribution in [1.82, 2.24) is 4.90 Å². The second-order valence-corrected chi connectivity index (χ2v) is 5.65. The monoisotopic (exact) mass is 226 g/mol. The van der Waals surface area contributed by atoms with Crippen molar-refractivity contribution in [3.8, 4) is 0 Å². The number of carbonyl (C=O) groups excluding carboxylic acids is 1. The molecule has 16 heavy (non-hydrogen) atoms. The first-order chi connectivity index (χ1) is 7.52. The number of amides is 1. The standard InChI is InChI=1S/C13H26N2O/c1-10(2)6-12(8-14)7-13(16)15(3)9-11-4-5-11/h10-12H,4-9,14H2,1-3H3/t12-/m0/s1. The predicted molar refractivity (Wildman–Crippen MR) is 67.0 cm³/mol. The van der Waals surface area contributed by atoms with Crippen LogP contribution in [0.25, 0.3) is 0 Å². The zero-order chi connectivity index (χ0) is 12.1. The highest BCUT2D eigenvalue weighted by molar-refractivity contribution is 5.76. The molecule has 0 aromatic rings. The van der Waals surface area contributed by atoms with Gasteiger partial charge in [0.1, 0.15) is 0 Å². The van der Waals surface area contributed by atoms with Crippen molar-refractivity contribution < 1.29 is 4.79 Å². The summed E-state index contributed by atoms with van der Waals surface area (Å²) in [5, 5.41) is 0. The second-order valence-electron chi connectivity index (χ2n) is 5.65. The topological polar surface area (TPSA) is 46.3 Å². The third kappa shape index (κ3) is 4.97. The van der Waals surface area contributed by atoms with E-state index in [0.717, 1.165) is 18.9 Å². The van der Waals surface area contributed by atoms with Crippen LogP contribution in [0.5, 0.6) is 0 Å². The molecule has 1 atom stereocenters. The average Bonchev–Trinajstić information content (AvgIpc) is 2.99. The van der Waals surface area contributed by atoms with Crippen molar-refractivity contribution in [3.63, 3.8) is 0 Å². The smallest absolute Gasteiger partial charge is 0.222 e. The first kappa shape index (κ1) is 13.5. The van der Waals surface area contributed by atoms with Gasteiger partial charge in [-0.25, -0.2) is 0 Å². The molecule has 1 fully saturated rings. The summed E-state index contributed by atoms with van der Waals surface area (Å²) in [6.45, 7) is 5.93. The Hall–Kier alpha value is -0.570. The minimum Gasteiger partial charge on any atom is -0.345 e. The highest BCUT2D eigenvalue weighted by Gasteiger charge is 2.25. The highest BCUT2D eigenvalue weighted by atomic mass is 16.2. The average molecular weight is 226 g/mol. The Kier molecular flexibility index (Phi) is 5.26. The van der Waals surface area contributed by atoms with Gasteiger partial charge in [-0.15, -0.1) is 0 Å². The van der Waals surface area contributed by atoms with E-state index in [2.05, 4.69) is 13.8 Å². The van der Waals surface area contributed by atoms with Gasteiger partial charge in [0, 0.05) is 20.0 Å². The summed E-state index contributed by atoms with van der Waals surface area (Å²) in [5.74, 6) is 2.02. The SMILES string of the molecule is CC(C)C[C@H](CN)CC(=O)N(C)CC1CC1. The zero-order valence-electron chi connectivity index (χ0n) is 10.9. The number of hydrogen-bond donors (Lipinski definition) is 1. The molecule has 94 valence electrons. The van der Waals surface area contributed by atoms with E-state index in [1.807, 2.05) is 11.9 Å². The Balaban J connectivity index is 2.28. The van der Waals surface area contributed by atoms with Crippen molar-refractivity contribution in [2.45, 2.75) is 39.5 Å². The van der Waals surface area contributed by atoms with Crippen LogP contribution in [0, 0.1) is 17.8 Å². The molecule has 1 aliphatic rings. The Labute approximate surface area is 99.4 Å². The fourth-order valence-corrected chi connectivity index (χ4v) is 2.12. The Morgan fingerprint density at radius 3 is 2.50 bits per heavy atom. The quantitative estimate of drug-likeness (QED) is 0.720. The summed E-state index contributed by atoms with van der Waals surface area (Å²) < 4.78 is 0. The number of rotatable bonds is 7. The maximum absolute atomic E-state index is 11.9. The molecule has 1 rings (SSSR count). The van der Waals surface area contributed by atoms with Crippen LogP contribution in [-0.4, -0.2) is 30.9 Å². The third-order valence-corrected chi connectivity index (χ3v) is 3.26. The van der Waals surface area contributed by atoms with Gasteiger partial charge in [-0.1, -0.05) is 13.8 Å². The van der Waals surface area contributed by atoms with Crippen LogP contribution in [0.4, 0.5) is 0 Å². The molecule has 0 spiro atoms. The molecule has 0 saturated heterocycles. The fraction of sp³-hybridized carbons (Fsp3) is 0.923. The van der Waals surface area contributed by atoms with E-state index in [0.29, 0.717) is 24.8 Å². The molecular formula is C13H26N2O. The van der Waals surface area contributed by atoms with Gasteiger partial charge in [0.15, 0.2) is 0 Å². The molecule has 0 bridgehead atoms. The van der Waals surface area contributed by atoms with Crippen LogP contribution in [0.15, 0.2) is 0 Å². The van der Waals surface area contributed by atoms with Gasteiger partial charge in [-0.2, -0.15) is 0 Å². The Morgan fingerprint density at radius 1 is 1.44 bits per heavy atom. The van der Waals surface area contributed by atoms with Crippen molar-refractivity contribution in [1.29, 1.82) is 0 Å². The second kappa shape index (κ2) is 6.24. The maximum Gasteiger partial charge on any atom is 0.222 e. The van der Waals surface area contributed by atoms with Crippen molar-refractivity contribution in [2.24, 2.45) is 23.5 Å². The number of hydrogen-bond acceptors (Lipinski definition) is 2. The minimum absolute atomic E-state index is 0.267. The van der Waals surface area contributed by atoms with Crippen LogP contribution < -0.4 is 5.73 Å². The number of nitrogens with two attached hydrogens (primary N) is 1. The van der Waals surface area contributed by atoms with Gasteiger partial charge in [0.2, 0.25) is 5.91 Å². The van der Waals surface area contributed by atoms with E-state index in [-0.39, 0.29) is 5.91 Å². The molecule has 0 aromatic heterocycles. The van der Waals surface area contributed by atoms with Gasteiger partial charge in [-0.3, -0.25) is 4.79 Å². The van der Waals surface area contributed by atoms with Gasteiger partial charge >= 0.3 is 0 Å². The third-order valence-electron chi connectivity index (χ3n) is 3.26. The van der Waals surface area contributed by atoms with E-state index in [1.165, 1.54) is 12.8 Å². The van der Waals surface area contributed by atoms with E-state index in [9.17, 15) is 4.79 Å². The molecule has 3 heteroatoms. The molecule has 0 radical (unpaired) electrons. The lowest BCUT2D eigenvalue weighted by molar-refractivity contribution is -0.131. The number of carbonyl (C=O) groups is 1. The summed E-state index contributed by atoms with van der Waals surface area (Å²) >= 11 is 0. The normalized spacial score (nSPS) is 17.6. The fourth-order valence-electron chi connectivity index (χ4n) is 2.12. The first-order valence-corrected chi connectivity index (χ1v) is 6.47. The molecule has 0 unspecified atom stereocenters. The zero-order valence-corrected chi connectivity index (χ0v) is 10.9. The van der Waals surface area contributed by atoms with Crippen LogP contribution in [0.1, 0.15) is 39.5 Å². The van der Waals surface area contributed by atoms with Crippen LogP contribution in [0.2, 0.25) is 0 Å². The van der Waals surface area contributed by atoms with Gasteiger partial charge in [-0.05, 0) is 43.6 Å². The van der Waals surface area contributed by atoms with Crippen LogP contribution >= 0.6 is 0 Å². The lowest BCUT2D eigenvalue weighted by Gasteiger charge is -2.21. The van der Waals surface area contributed by atoms with Gasteiger partial charge in [0.05, 0.1) is 0 Å². The Bertz CT molecular complexity index is 224. The van der Waals surface area contributed by atoms with Crippen molar-refractivity contribution in [3.05, 3.63) is 0 Å². The largest absolute Gasteiger partial charge is 0.345 e.